The third kappa shape index (κ3) is 3.88. The van der Waals surface area contributed by atoms with Crippen molar-refractivity contribution in [1.29, 1.82) is 0 Å². The van der Waals surface area contributed by atoms with Crippen LogP contribution in [-0.2, 0) is 0 Å². The third-order valence-electron chi connectivity index (χ3n) is 6.77. The third-order valence-corrected chi connectivity index (χ3v) is 6.77. The van der Waals surface area contributed by atoms with Crippen LogP contribution in [0.3, 0.4) is 0 Å². The zero-order valence-electron chi connectivity index (χ0n) is 17.1. The number of aliphatic hydroxyl groups excluding tert-OH is 2. The van der Waals surface area contributed by atoms with Gasteiger partial charge in [0.15, 0.2) is 0 Å². The molecule has 0 saturated carbocycles. The molecule has 0 aliphatic carbocycles. The molecule has 2 atom stereocenters. The lowest BCUT2D eigenvalue weighted by Crippen LogP contribution is -2.40. The van der Waals surface area contributed by atoms with Gasteiger partial charge in [0.05, 0.1) is 5.52 Å². The molecule has 0 spiro atoms. The van der Waals surface area contributed by atoms with Gasteiger partial charge in [0.1, 0.15) is 0 Å². The predicted molar refractivity (Wildman–Crippen MR) is 114 cm³/mol. The summed E-state index contributed by atoms with van der Waals surface area (Å²) in [4.78, 5) is 9.60. The first kappa shape index (κ1) is 19.6. The van der Waals surface area contributed by atoms with Crippen molar-refractivity contribution in [2.75, 3.05) is 50.8 Å². The predicted octanol–water partition coefficient (Wildman–Crippen LogP) is 2.60. The van der Waals surface area contributed by atoms with Gasteiger partial charge in [-0.05, 0) is 69.3 Å². The van der Waals surface area contributed by atoms with Crippen molar-refractivity contribution in [3.05, 3.63) is 35.5 Å². The van der Waals surface area contributed by atoms with Gasteiger partial charge in [0, 0.05) is 56.0 Å². The van der Waals surface area contributed by atoms with Crippen LogP contribution in [0.5, 0.6) is 0 Å². The number of hydrogen-bond donors (Lipinski definition) is 2. The lowest BCUT2D eigenvalue weighted by Gasteiger charge is -2.33. The molecule has 5 nitrogen and oxygen atoms in total. The molecular weight excluding hydrogens is 350 g/mol. The average molecular weight is 384 g/mol. The van der Waals surface area contributed by atoms with Crippen LogP contribution >= 0.6 is 0 Å². The summed E-state index contributed by atoms with van der Waals surface area (Å²) in [6.45, 7) is 9.90. The first-order chi connectivity index (χ1) is 13.6. The number of aromatic nitrogens is 1. The normalized spacial score (nSPS) is 24.4. The Morgan fingerprint density at radius 1 is 1.04 bits per heavy atom. The van der Waals surface area contributed by atoms with E-state index in [-0.39, 0.29) is 6.61 Å². The number of pyridine rings is 1. The Morgan fingerprint density at radius 3 is 2.50 bits per heavy atom. The van der Waals surface area contributed by atoms with Gasteiger partial charge in [-0.2, -0.15) is 0 Å². The fourth-order valence-corrected chi connectivity index (χ4v) is 5.11. The van der Waals surface area contributed by atoms with E-state index in [1.54, 1.807) is 0 Å². The number of piperidine rings is 1. The summed E-state index contributed by atoms with van der Waals surface area (Å²) in [5.41, 5.74) is 4.81. The van der Waals surface area contributed by atoms with Gasteiger partial charge in [0.2, 0.25) is 0 Å². The Morgan fingerprint density at radius 2 is 1.79 bits per heavy atom. The Balaban J connectivity index is 1.52. The molecule has 2 aliphatic rings. The molecule has 1 aromatic heterocycles. The monoisotopic (exact) mass is 383 g/mol. The number of aliphatic hydroxyl groups is 2. The van der Waals surface area contributed by atoms with Crippen LogP contribution in [0, 0.1) is 31.6 Å². The Labute approximate surface area is 168 Å². The highest BCUT2D eigenvalue weighted by molar-refractivity contribution is 5.94. The van der Waals surface area contributed by atoms with E-state index in [1.807, 2.05) is 6.20 Å². The van der Waals surface area contributed by atoms with Crippen LogP contribution in [0.15, 0.2) is 24.4 Å². The maximum absolute atomic E-state index is 10.0. The topological polar surface area (TPSA) is 59.8 Å². The van der Waals surface area contributed by atoms with Crippen molar-refractivity contribution in [2.45, 2.75) is 26.7 Å². The molecule has 2 saturated heterocycles. The number of hydrogen-bond acceptors (Lipinski definition) is 5. The van der Waals surface area contributed by atoms with E-state index in [0.29, 0.717) is 24.4 Å². The zero-order chi connectivity index (χ0) is 19.7. The van der Waals surface area contributed by atoms with E-state index in [2.05, 4.69) is 46.8 Å². The number of nitrogens with zero attached hydrogens (tertiary/aromatic N) is 3. The second-order valence-electron chi connectivity index (χ2n) is 8.84. The molecule has 2 aromatic rings. The van der Waals surface area contributed by atoms with E-state index in [9.17, 15) is 10.2 Å². The molecule has 2 unspecified atom stereocenters. The van der Waals surface area contributed by atoms with Crippen molar-refractivity contribution in [3.63, 3.8) is 0 Å². The number of aryl methyl sites for hydroxylation is 2. The summed E-state index contributed by atoms with van der Waals surface area (Å²) < 4.78 is 0. The van der Waals surface area contributed by atoms with E-state index in [4.69, 9.17) is 0 Å². The summed E-state index contributed by atoms with van der Waals surface area (Å²) in [6, 6.07) is 6.56. The first-order valence-corrected chi connectivity index (χ1v) is 10.6. The van der Waals surface area contributed by atoms with Crippen LogP contribution < -0.4 is 4.90 Å². The Bertz CT molecular complexity index is 817. The van der Waals surface area contributed by atoms with Gasteiger partial charge >= 0.3 is 0 Å². The number of anilines is 1. The molecule has 0 radical (unpaired) electrons. The number of fused-ring (bicyclic) bond motifs is 1. The summed E-state index contributed by atoms with van der Waals surface area (Å²) >= 11 is 0. The maximum Gasteiger partial charge on any atom is 0.0752 e. The Kier molecular flexibility index (Phi) is 5.85. The molecular formula is C23H33N3O2. The quantitative estimate of drug-likeness (QED) is 0.831. The smallest absolute Gasteiger partial charge is 0.0752 e. The van der Waals surface area contributed by atoms with Gasteiger partial charge in [-0.1, -0.05) is 11.6 Å². The van der Waals surface area contributed by atoms with Crippen LogP contribution in [0.25, 0.3) is 10.9 Å². The highest BCUT2D eigenvalue weighted by atomic mass is 16.3. The molecule has 28 heavy (non-hydrogen) atoms. The lowest BCUT2D eigenvalue weighted by molar-refractivity contribution is 0.106. The molecule has 1 aromatic carbocycles. The van der Waals surface area contributed by atoms with Gasteiger partial charge in [-0.25, -0.2) is 0 Å². The molecule has 4 rings (SSSR count). The fourth-order valence-electron chi connectivity index (χ4n) is 5.11. The minimum absolute atomic E-state index is 0.245. The standard InChI is InChI=1S/C23H33N3O2/c1-16-9-17(2)23-21(10-16)22(3-6-24-23)26-12-19(20(13-26)15-28)11-25-7-4-18(14-27)5-8-25/h3,6,9-10,18-20,27-28H,4-5,7-8,11-15H2,1-2H3. The summed E-state index contributed by atoms with van der Waals surface area (Å²) in [5, 5.41) is 20.6. The number of benzene rings is 1. The van der Waals surface area contributed by atoms with Gasteiger partial charge in [0.25, 0.3) is 0 Å². The van der Waals surface area contributed by atoms with E-state index in [0.717, 1.165) is 51.1 Å². The van der Waals surface area contributed by atoms with Crippen molar-refractivity contribution in [3.8, 4) is 0 Å². The minimum atomic E-state index is 0.245. The van der Waals surface area contributed by atoms with Crippen LogP contribution in [0.4, 0.5) is 5.69 Å². The molecule has 2 aliphatic heterocycles. The second kappa shape index (κ2) is 8.36. The summed E-state index contributed by atoms with van der Waals surface area (Å²) in [7, 11) is 0. The largest absolute Gasteiger partial charge is 0.396 e. The van der Waals surface area contributed by atoms with Crippen LogP contribution in [-0.4, -0.2) is 66.0 Å². The minimum Gasteiger partial charge on any atom is -0.396 e. The molecule has 0 amide bonds. The molecule has 2 N–H and O–H groups in total. The van der Waals surface area contributed by atoms with Crippen molar-refractivity contribution in [2.24, 2.45) is 17.8 Å². The Hall–Kier alpha value is -1.69. The first-order valence-electron chi connectivity index (χ1n) is 10.6. The number of rotatable bonds is 5. The molecule has 5 heteroatoms. The molecule has 3 heterocycles. The summed E-state index contributed by atoms with van der Waals surface area (Å²) in [6.07, 6.45) is 4.09. The SMILES string of the molecule is Cc1cc(C)c2nccc(N3CC(CO)C(CN4CCC(CO)CC4)C3)c2c1. The van der Waals surface area contributed by atoms with Gasteiger partial charge < -0.3 is 20.0 Å². The van der Waals surface area contributed by atoms with Crippen molar-refractivity contribution >= 4 is 16.6 Å². The molecule has 2 fully saturated rings. The van der Waals surface area contributed by atoms with E-state index >= 15 is 0 Å². The highest BCUT2D eigenvalue weighted by Gasteiger charge is 2.35. The van der Waals surface area contributed by atoms with E-state index in [1.165, 1.54) is 22.2 Å². The summed E-state index contributed by atoms with van der Waals surface area (Å²) in [5.74, 6) is 1.26. The fraction of sp³-hybridized carbons (Fsp3) is 0.609. The van der Waals surface area contributed by atoms with Gasteiger partial charge in [-0.3, -0.25) is 4.98 Å². The maximum atomic E-state index is 10.0. The zero-order valence-corrected chi connectivity index (χ0v) is 17.1. The number of likely N-dealkylation sites (tertiary alicyclic amines) is 1. The van der Waals surface area contributed by atoms with Crippen molar-refractivity contribution < 1.29 is 10.2 Å². The van der Waals surface area contributed by atoms with E-state index < -0.39 is 0 Å². The highest BCUT2D eigenvalue weighted by Crippen LogP contribution is 2.34. The molecule has 152 valence electrons. The molecule has 0 bridgehead atoms. The average Bonchev–Trinajstić information content (AvgIpc) is 3.10. The van der Waals surface area contributed by atoms with Crippen LogP contribution in [0.1, 0.15) is 24.0 Å². The lowest BCUT2D eigenvalue weighted by atomic mass is 9.93. The van der Waals surface area contributed by atoms with Crippen molar-refractivity contribution in [1.82, 2.24) is 9.88 Å². The second-order valence-corrected chi connectivity index (χ2v) is 8.84. The van der Waals surface area contributed by atoms with Gasteiger partial charge in [-0.15, -0.1) is 0 Å². The van der Waals surface area contributed by atoms with Crippen LogP contribution in [0.2, 0.25) is 0 Å².